The normalized spacial score (nSPS) is 12.6. The number of benzene rings is 2. The van der Waals surface area contributed by atoms with E-state index >= 15 is 0 Å². The molecule has 2 aromatic carbocycles. The molecule has 8 heteroatoms. The largest absolute Gasteiger partial charge is 0.496 e. The van der Waals surface area contributed by atoms with Gasteiger partial charge >= 0.3 is 0 Å². The number of hydrogen-bond acceptors (Lipinski definition) is 7. The molecule has 1 N–H and O–H groups in total. The average molecular weight is 466 g/mol. The molecule has 0 aliphatic heterocycles. The maximum atomic E-state index is 13.0. The van der Waals surface area contributed by atoms with Gasteiger partial charge in [-0.05, 0) is 42.7 Å². The molecule has 0 atom stereocenters. The van der Waals surface area contributed by atoms with Gasteiger partial charge in [0.25, 0.3) is 5.91 Å². The highest BCUT2D eigenvalue weighted by molar-refractivity contribution is 6.04. The third-order valence-corrected chi connectivity index (χ3v) is 5.93. The Morgan fingerprint density at radius 3 is 2.26 bits per heavy atom. The van der Waals surface area contributed by atoms with E-state index in [1.165, 1.54) is 21.3 Å². The number of ketones is 1. The second kappa shape index (κ2) is 9.91. The topological polar surface area (TPSA) is 96.2 Å². The number of rotatable bonds is 8. The van der Waals surface area contributed by atoms with Crippen LogP contribution in [-0.2, 0) is 12.8 Å². The van der Waals surface area contributed by atoms with Gasteiger partial charge in [0.05, 0.1) is 28.4 Å². The number of carbonyl (C=O) groups excluding carboxylic acids is 2. The van der Waals surface area contributed by atoms with Crippen LogP contribution in [0, 0.1) is 0 Å². The highest BCUT2D eigenvalue weighted by atomic mass is 16.5. The van der Waals surface area contributed by atoms with Crippen LogP contribution in [0.5, 0.6) is 23.0 Å². The van der Waals surface area contributed by atoms with Gasteiger partial charge in [0, 0.05) is 36.1 Å². The third-order valence-electron chi connectivity index (χ3n) is 5.93. The van der Waals surface area contributed by atoms with Crippen LogP contribution in [0.3, 0.4) is 0 Å². The number of fused-ring (bicyclic) bond motifs is 1. The number of amides is 1. The molecule has 0 radical (unpaired) electrons. The summed E-state index contributed by atoms with van der Waals surface area (Å²) in [6.45, 7) is 0. The summed E-state index contributed by atoms with van der Waals surface area (Å²) in [6, 6.07) is 10.3. The standard InChI is InChI=1S/C26H27NO7/c1-30-16-13-23(32-3)25(24(14-16)33-4)27-26(29)22-10-8-15(34-22)12-19-17-6-5-7-20(28)18(17)9-11-21(19)31-2/h8-11,13-14H,5-7,12H2,1-4H3,(H,27,29). The Bertz CT molecular complexity index is 1200. The first-order chi connectivity index (χ1) is 16.5. The number of hydrogen-bond donors (Lipinski definition) is 1. The minimum atomic E-state index is -0.453. The molecular weight excluding hydrogens is 438 g/mol. The minimum absolute atomic E-state index is 0.134. The second-order valence-electron chi connectivity index (χ2n) is 7.85. The van der Waals surface area contributed by atoms with Crippen molar-refractivity contribution in [3.63, 3.8) is 0 Å². The highest BCUT2D eigenvalue weighted by Gasteiger charge is 2.24. The molecule has 1 heterocycles. The van der Waals surface area contributed by atoms with E-state index in [9.17, 15) is 9.59 Å². The molecule has 34 heavy (non-hydrogen) atoms. The maximum Gasteiger partial charge on any atom is 0.291 e. The predicted octanol–water partition coefficient (Wildman–Crippen LogP) is 4.68. The lowest BCUT2D eigenvalue weighted by Crippen LogP contribution is -2.14. The quantitative estimate of drug-likeness (QED) is 0.516. The van der Waals surface area contributed by atoms with E-state index in [1.54, 1.807) is 31.4 Å². The number of anilines is 1. The zero-order chi connectivity index (χ0) is 24.2. The molecule has 4 rings (SSSR count). The van der Waals surface area contributed by atoms with Gasteiger partial charge in [0.1, 0.15) is 34.4 Å². The molecule has 1 aromatic heterocycles. The van der Waals surface area contributed by atoms with Crippen molar-refractivity contribution in [1.29, 1.82) is 0 Å². The summed E-state index contributed by atoms with van der Waals surface area (Å²) < 4.78 is 27.5. The molecule has 3 aromatic rings. The molecule has 8 nitrogen and oxygen atoms in total. The van der Waals surface area contributed by atoms with Crippen molar-refractivity contribution < 1.29 is 33.0 Å². The third kappa shape index (κ3) is 4.44. The molecule has 178 valence electrons. The smallest absolute Gasteiger partial charge is 0.291 e. The summed E-state index contributed by atoms with van der Waals surface area (Å²) in [6.07, 6.45) is 2.58. The molecule has 0 saturated heterocycles. The predicted molar refractivity (Wildman–Crippen MR) is 126 cm³/mol. The molecule has 1 amide bonds. The van der Waals surface area contributed by atoms with Crippen molar-refractivity contribution in [1.82, 2.24) is 0 Å². The van der Waals surface area contributed by atoms with E-state index in [2.05, 4.69) is 5.32 Å². The zero-order valence-corrected chi connectivity index (χ0v) is 19.7. The van der Waals surface area contributed by atoms with Crippen LogP contribution in [0.2, 0.25) is 0 Å². The van der Waals surface area contributed by atoms with Crippen molar-refractivity contribution in [3.8, 4) is 23.0 Å². The van der Waals surface area contributed by atoms with Gasteiger partial charge in [-0.15, -0.1) is 0 Å². The monoisotopic (exact) mass is 465 g/mol. The van der Waals surface area contributed by atoms with E-state index in [1.807, 2.05) is 12.1 Å². The molecule has 0 saturated carbocycles. The van der Waals surface area contributed by atoms with Crippen LogP contribution < -0.4 is 24.3 Å². The summed E-state index contributed by atoms with van der Waals surface area (Å²) in [5.41, 5.74) is 3.01. The molecule has 0 bridgehead atoms. The number of carbonyl (C=O) groups is 2. The zero-order valence-electron chi connectivity index (χ0n) is 19.7. The molecule has 0 spiro atoms. The van der Waals surface area contributed by atoms with Gasteiger partial charge in [0.15, 0.2) is 11.5 Å². The first-order valence-electron chi connectivity index (χ1n) is 10.9. The lowest BCUT2D eigenvalue weighted by Gasteiger charge is -2.20. The Morgan fingerprint density at radius 1 is 0.912 bits per heavy atom. The lowest BCUT2D eigenvalue weighted by molar-refractivity contribution is 0.0970. The van der Waals surface area contributed by atoms with Gasteiger partial charge in [-0.2, -0.15) is 0 Å². The fourth-order valence-electron chi connectivity index (χ4n) is 4.24. The summed E-state index contributed by atoms with van der Waals surface area (Å²) in [5.74, 6) is 2.42. The molecule has 1 aliphatic rings. The number of Topliss-reactive ketones (excluding diaryl/α,β-unsaturated/α-hetero) is 1. The summed E-state index contributed by atoms with van der Waals surface area (Å²) in [4.78, 5) is 25.3. The summed E-state index contributed by atoms with van der Waals surface area (Å²) in [7, 11) is 6.12. The molecular formula is C26H27NO7. The Kier molecular flexibility index (Phi) is 6.77. The van der Waals surface area contributed by atoms with Crippen molar-refractivity contribution in [3.05, 3.63) is 64.6 Å². The van der Waals surface area contributed by atoms with Gasteiger partial charge in [-0.25, -0.2) is 0 Å². The van der Waals surface area contributed by atoms with Crippen LogP contribution >= 0.6 is 0 Å². The number of furan rings is 1. The average Bonchev–Trinajstić information content (AvgIpc) is 3.33. The molecule has 0 fully saturated rings. The lowest BCUT2D eigenvalue weighted by atomic mass is 9.85. The van der Waals surface area contributed by atoms with Gasteiger partial charge in [-0.3, -0.25) is 9.59 Å². The maximum absolute atomic E-state index is 13.0. The van der Waals surface area contributed by atoms with Gasteiger partial charge < -0.3 is 28.7 Å². The SMILES string of the molecule is COc1cc(OC)c(NC(=O)c2ccc(Cc3c(OC)ccc4c3CCCC4=O)o2)c(OC)c1. The van der Waals surface area contributed by atoms with Crippen LogP contribution in [0.15, 0.2) is 40.8 Å². The Hall–Kier alpha value is -3.94. The number of ether oxygens (including phenoxy) is 4. The van der Waals surface area contributed by atoms with Crippen LogP contribution in [0.1, 0.15) is 50.6 Å². The van der Waals surface area contributed by atoms with Crippen molar-refractivity contribution in [2.75, 3.05) is 33.8 Å². The van der Waals surface area contributed by atoms with Crippen LogP contribution in [-0.4, -0.2) is 40.1 Å². The van der Waals surface area contributed by atoms with Crippen molar-refractivity contribution >= 4 is 17.4 Å². The van der Waals surface area contributed by atoms with Crippen molar-refractivity contribution in [2.24, 2.45) is 0 Å². The van der Waals surface area contributed by atoms with Crippen molar-refractivity contribution in [2.45, 2.75) is 25.7 Å². The first kappa shape index (κ1) is 23.2. The first-order valence-corrected chi connectivity index (χ1v) is 10.9. The molecule has 1 aliphatic carbocycles. The van der Waals surface area contributed by atoms with E-state index in [0.29, 0.717) is 47.3 Å². The Morgan fingerprint density at radius 2 is 1.62 bits per heavy atom. The van der Waals surface area contributed by atoms with Crippen LogP contribution in [0.4, 0.5) is 5.69 Å². The minimum Gasteiger partial charge on any atom is -0.496 e. The fourth-order valence-corrected chi connectivity index (χ4v) is 4.24. The van der Waals surface area contributed by atoms with E-state index < -0.39 is 5.91 Å². The van der Waals surface area contributed by atoms with E-state index in [4.69, 9.17) is 23.4 Å². The second-order valence-corrected chi connectivity index (χ2v) is 7.85. The highest BCUT2D eigenvalue weighted by Crippen LogP contribution is 2.39. The van der Waals surface area contributed by atoms with Gasteiger partial charge in [0.2, 0.25) is 0 Å². The molecule has 0 unspecified atom stereocenters. The Balaban J connectivity index is 1.59. The summed E-state index contributed by atoms with van der Waals surface area (Å²) >= 11 is 0. The van der Waals surface area contributed by atoms with Crippen LogP contribution in [0.25, 0.3) is 0 Å². The Labute approximate surface area is 197 Å². The summed E-state index contributed by atoms with van der Waals surface area (Å²) in [5, 5.41) is 2.80. The van der Waals surface area contributed by atoms with E-state index in [-0.39, 0.29) is 11.5 Å². The number of nitrogens with one attached hydrogen (secondary N) is 1. The van der Waals surface area contributed by atoms with Gasteiger partial charge in [-0.1, -0.05) is 0 Å². The number of methoxy groups -OCH3 is 4. The fraction of sp³-hybridized carbons (Fsp3) is 0.308. The van der Waals surface area contributed by atoms with E-state index in [0.717, 1.165) is 29.5 Å².